The summed E-state index contributed by atoms with van der Waals surface area (Å²) < 4.78 is 28.0. The van der Waals surface area contributed by atoms with Gasteiger partial charge in [-0.15, -0.1) is 0 Å². The zero-order valence-corrected chi connectivity index (χ0v) is 19.9. The molecule has 4 rings (SSSR count). The Morgan fingerprint density at radius 1 is 1.00 bits per heavy atom. The summed E-state index contributed by atoms with van der Waals surface area (Å²) in [6.07, 6.45) is 2.88. The molecule has 0 saturated carbocycles. The number of hydrogen-bond donors (Lipinski definition) is 3. The zero-order valence-electron chi connectivity index (χ0n) is 19.0. The molecule has 34 heavy (non-hydrogen) atoms. The highest BCUT2D eigenvalue weighted by molar-refractivity contribution is 7.92. The number of nitrogens with two attached hydrogens (primary N) is 1. The van der Waals surface area contributed by atoms with Crippen molar-refractivity contribution in [1.82, 2.24) is 5.32 Å². The molecule has 0 aliphatic carbocycles. The number of rotatable bonds is 9. The van der Waals surface area contributed by atoms with Crippen molar-refractivity contribution in [2.45, 2.75) is 17.9 Å². The van der Waals surface area contributed by atoms with Gasteiger partial charge >= 0.3 is 0 Å². The highest BCUT2D eigenvalue weighted by atomic mass is 32.2. The van der Waals surface area contributed by atoms with Gasteiger partial charge in [-0.2, -0.15) is 5.10 Å². The fourth-order valence-electron chi connectivity index (χ4n) is 4.35. The van der Waals surface area contributed by atoms with E-state index in [1.165, 1.54) is 5.56 Å². The first-order valence-electron chi connectivity index (χ1n) is 11.5. The fourth-order valence-corrected chi connectivity index (χ4v) is 5.43. The molecule has 178 valence electrons. The first-order valence-corrected chi connectivity index (χ1v) is 12.9. The van der Waals surface area contributed by atoms with Crippen LogP contribution in [0.25, 0.3) is 0 Å². The first kappa shape index (κ1) is 23.8. The van der Waals surface area contributed by atoms with E-state index in [9.17, 15) is 8.42 Å². The normalized spacial score (nSPS) is 18.6. The van der Waals surface area contributed by atoms with Crippen LogP contribution in [0.4, 0.5) is 11.4 Å². The molecule has 1 aliphatic rings. The molecular weight excluding hydrogens is 446 g/mol. The smallest absolute Gasteiger partial charge is 0.261 e. The number of hydrogen-bond acceptors (Lipinski definition) is 6. The molecule has 1 heterocycles. The van der Waals surface area contributed by atoms with Gasteiger partial charge in [0, 0.05) is 43.1 Å². The van der Waals surface area contributed by atoms with Crippen molar-refractivity contribution in [2.24, 2.45) is 22.8 Å². The summed E-state index contributed by atoms with van der Waals surface area (Å²) in [5.74, 6) is 6.15. The topological polar surface area (TPSA) is 99.8 Å². The van der Waals surface area contributed by atoms with Crippen molar-refractivity contribution >= 4 is 27.6 Å². The average Bonchev–Trinajstić information content (AvgIpc) is 2.86. The third kappa shape index (κ3) is 6.15. The Kier molecular flexibility index (Phi) is 7.82. The van der Waals surface area contributed by atoms with E-state index in [0.29, 0.717) is 11.6 Å². The molecule has 3 aromatic carbocycles. The van der Waals surface area contributed by atoms with Crippen molar-refractivity contribution in [2.75, 3.05) is 29.3 Å². The Morgan fingerprint density at radius 2 is 1.68 bits per heavy atom. The summed E-state index contributed by atoms with van der Waals surface area (Å²) in [4.78, 5) is 2.58. The van der Waals surface area contributed by atoms with E-state index in [1.807, 2.05) is 48.7 Å². The largest absolute Gasteiger partial charge is 0.367 e. The van der Waals surface area contributed by atoms with Crippen LogP contribution in [0.3, 0.4) is 0 Å². The van der Waals surface area contributed by atoms with E-state index in [0.717, 1.165) is 38.3 Å². The summed E-state index contributed by atoms with van der Waals surface area (Å²) >= 11 is 0. The number of sulfonamides is 1. The van der Waals surface area contributed by atoms with Gasteiger partial charge in [-0.05, 0) is 60.8 Å². The summed E-state index contributed by atoms with van der Waals surface area (Å²) in [7, 11) is -3.63. The minimum absolute atomic E-state index is 0.239. The number of nitrogens with one attached hydrogen (secondary N) is 2. The molecule has 7 nitrogen and oxygen atoms in total. The van der Waals surface area contributed by atoms with Crippen LogP contribution in [0, 0.1) is 11.8 Å². The monoisotopic (exact) mass is 477 g/mol. The summed E-state index contributed by atoms with van der Waals surface area (Å²) in [6, 6.07) is 26.3. The first-order chi connectivity index (χ1) is 16.5. The van der Waals surface area contributed by atoms with Crippen LogP contribution in [0.1, 0.15) is 12.0 Å². The fraction of sp³-hybridized carbons (Fsp3) is 0.269. The number of nitrogens with zero attached hydrogens (tertiary/aromatic N) is 2. The van der Waals surface area contributed by atoms with Gasteiger partial charge in [0.05, 0.1) is 4.90 Å². The molecule has 1 fully saturated rings. The average molecular weight is 478 g/mol. The molecule has 1 aliphatic heterocycles. The van der Waals surface area contributed by atoms with Crippen molar-refractivity contribution in [3.63, 3.8) is 0 Å². The number of piperidine rings is 1. The van der Waals surface area contributed by atoms with Gasteiger partial charge in [0.15, 0.2) is 0 Å². The molecule has 2 unspecified atom stereocenters. The van der Waals surface area contributed by atoms with Gasteiger partial charge in [0.2, 0.25) is 0 Å². The van der Waals surface area contributed by atoms with E-state index in [-0.39, 0.29) is 10.8 Å². The van der Waals surface area contributed by atoms with Crippen LogP contribution < -0.4 is 20.8 Å². The highest BCUT2D eigenvalue weighted by Gasteiger charge is 2.26. The summed E-state index contributed by atoms with van der Waals surface area (Å²) in [5.41, 5.74) is 2.78. The second kappa shape index (κ2) is 11.2. The second-order valence-corrected chi connectivity index (χ2v) is 10.2. The van der Waals surface area contributed by atoms with Crippen molar-refractivity contribution < 1.29 is 8.42 Å². The predicted octanol–water partition coefficient (Wildman–Crippen LogP) is 3.66. The molecule has 0 bridgehead atoms. The van der Waals surface area contributed by atoms with Gasteiger partial charge < -0.3 is 16.1 Å². The van der Waals surface area contributed by atoms with E-state index in [1.54, 1.807) is 30.3 Å². The maximum atomic E-state index is 12.7. The Bertz CT molecular complexity index is 1170. The van der Waals surface area contributed by atoms with Crippen molar-refractivity contribution in [3.05, 3.63) is 90.5 Å². The predicted molar refractivity (Wildman–Crippen MR) is 138 cm³/mol. The lowest BCUT2D eigenvalue weighted by molar-refractivity contribution is 0.322. The highest BCUT2D eigenvalue weighted by Crippen LogP contribution is 2.26. The molecule has 1 saturated heterocycles. The van der Waals surface area contributed by atoms with Gasteiger partial charge in [-0.1, -0.05) is 48.5 Å². The van der Waals surface area contributed by atoms with Gasteiger partial charge in [0.1, 0.15) is 0 Å². The van der Waals surface area contributed by atoms with Crippen molar-refractivity contribution in [3.8, 4) is 0 Å². The molecule has 0 radical (unpaired) electrons. The maximum Gasteiger partial charge on any atom is 0.261 e. The Morgan fingerprint density at radius 3 is 2.35 bits per heavy atom. The van der Waals surface area contributed by atoms with E-state index in [2.05, 4.69) is 32.2 Å². The summed E-state index contributed by atoms with van der Waals surface area (Å²) in [5, 5.41) is 7.22. The Hall–Kier alpha value is -3.36. The standard InChI is InChI=1S/C26H31N5O2S/c27-29-18-23-17-28-16-15-22(23)20-31(19-21-7-3-1-4-8-21)25-13-11-24(12-14-25)30-34(32,33)26-9-5-2-6-10-26/h1-14,18,22-23,28,30H,15-17,19-20,27H2/b29-18+. The van der Waals surface area contributed by atoms with Gasteiger partial charge in [-0.3, -0.25) is 4.72 Å². The van der Waals surface area contributed by atoms with Crippen LogP contribution >= 0.6 is 0 Å². The quantitative estimate of drug-likeness (QED) is 0.248. The van der Waals surface area contributed by atoms with Gasteiger partial charge in [0.25, 0.3) is 10.0 Å². The number of benzene rings is 3. The van der Waals surface area contributed by atoms with Crippen LogP contribution in [-0.4, -0.2) is 34.3 Å². The van der Waals surface area contributed by atoms with Crippen molar-refractivity contribution in [1.29, 1.82) is 0 Å². The number of hydrazone groups is 1. The molecule has 3 aromatic rings. The molecular formula is C26H31N5O2S. The van der Waals surface area contributed by atoms with Gasteiger partial charge in [-0.25, -0.2) is 8.42 Å². The zero-order chi connectivity index (χ0) is 23.8. The van der Waals surface area contributed by atoms with E-state index >= 15 is 0 Å². The molecule has 0 amide bonds. The van der Waals surface area contributed by atoms with Crippen LogP contribution in [0.5, 0.6) is 0 Å². The lowest BCUT2D eigenvalue weighted by Gasteiger charge is -2.35. The third-order valence-corrected chi connectivity index (χ3v) is 7.56. The number of anilines is 2. The van der Waals surface area contributed by atoms with Crippen LogP contribution in [0.15, 0.2) is 94.9 Å². The molecule has 2 atom stereocenters. The second-order valence-electron chi connectivity index (χ2n) is 8.55. The third-order valence-electron chi connectivity index (χ3n) is 6.16. The van der Waals surface area contributed by atoms with E-state index in [4.69, 9.17) is 5.84 Å². The van der Waals surface area contributed by atoms with E-state index < -0.39 is 10.0 Å². The van der Waals surface area contributed by atoms with Crippen LogP contribution in [0.2, 0.25) is 0 Å². The Balaban J connectivity index is 1.54. The maximum absolute atomic E-state index is 12.7. The molecule has 0 aromatic heterocycles. The Labute approximate surface area is 201 Å². The summed E-state index contributed by atoms with van der Waals surface area (Å²) in [6.45, 7) is 3.44. The lowest BCUT2D eigenvalue weighted by atomic mass is 9.86. The minimum atomic E-state index is -3.63. The molecule has 8 heteroatoms. The molecule has 0 spiro atoms. The lowest BCUT2D eigenvalue weighted by Crippen LogP contribution is -2.43. The molecule has 4 N–H and O–H groups in total. The SMILES string of the molecule is N/N=C/C1CNCCC1CN(Cc1ccccc1)c1ccc(NS(=O)(=O)c2ccccc2)cc1. The minimum Gasteiger partial charge on any atom is -0.367 e. The van der Waals surface area contributed by atoms with Crippen LogP contribution in [-0.2, 0) is 16.6 Å².